The predicted octanol–water partition coefficient (Wildman–Crippen LogP) is 1.44. The first-order valence-electron chi connectivity index (χ1n) is 9.41. The highest BCUT2D eigenvalue weighted by molar-refractivity contribution is 6.37. The Morgan fingerprint density at radius 2 is 1.97 bits per heavy atom. The van der Waals surface area contributed by atoms with Gasteiger partial charge in [-0.15, -0.1) is 0 Å². The van der Waals surface area contributed by atoms with Gasteiger partial charge in [-0.05, 0) is 31.9 Å². The van der Waals surface area contributed by atoms with Crippen molar-refractivity contribution in [3.63, 3.8) is 0 Å². The fourth-order valence-corrected chi connectivity index (χ4v) is 3.34. The van der Waals surface area contributed by atoms with Crippen molar-refractivity contribution < 1.29 is 28.7 Å². The maximum Gasteiger partial charge on any atom is 0.335 e. The Morgan fingerprint density at radius 3 is 2.62 bits per heavy atom. The first-order chi connectivity index (χ1) is 13.9. The maximum atomic E-state index is 12.9. The smallest absolute Gasteiger partial charge is 0.335 e. The number of hydrogen-bond acceptors (Lipinski definition) is 7. The van der Waals surface area contributed by atoms with Gasteiger partial charge < -0.3 is 14.4 Å². The van der Waals surface area contributed by atoms with Crippen molar-refractivity contribution in [2.75, 3.05) is 31.7 Å². The summed E-state index contributed by atoms with van der Waals surface area (Å²) in [5.74, 6) is -1.38. The minimum atomic E-state index is -0.813. The summed E-state index contributed by atoms with van der Waals surface area (Å²) < 4.78 is 10.2. The van der Waals surface area contributed by atoms with Crippen LogP contribution in [0.3, 0.4) is 0 Å². The topological polar surface area (TPSA) is 105 Å². The van der Waals surface area contributed by atoms with Crippen LogP contribution in [0.2, 0.25) is 0 Å². The molecule has 0 aliphatic carbocycles. The lowest BCUT2D eigenvalue weighted by Crippen LogP contribution is -2.55. The van der Waals surface area contributed by atoms with Gasteiger partial charge in [-0.1, -0.05) is 6.07 Å². The number of esters is 1. The third-order valence-electron chi connectivity index (χ3n) is 4.87. The Bertz CT molecular complexity index is 858. The van der Waals surface area contributed by atoms with Gasteiger partial charge in [-0.25, -0.2) is 9.69 Å². The highest BCUT2D eigenvalue weighted by atomic mass is 16.5. The number of ether oxygens (including phenoxy) is 2. The lowest BCUT2D eigenvalue weighted by atomic mass is 9.97. The Labute approximate surface area is 168 Å². The summed E-state index contributed by atoms with van der Waals surface area (Å²) in [4.78, 5) is 52.0. The van der Waals surface area contributed by atoms with Gasteiger partial charge in [0.05, 0.1) is 25.3 Å². The van der Waals surface area contributed by atoms with E-state index in [1.807, 2.05) is 4.90 Å². The van der Waals surface area contributed by atoms with Crippen molar-refractivity contribution in [1.82, 2.24) is 10.2 Å². The Balaban J connectivity index is 1.76. The number of rotatable bonds is 5. The first kappa shape index (κ1) is 20.4. The van der Waals surface area contributed by atoms with Crippen molar-refractivity contribution in [2.45, 2.75) is 19.8 Å². The molecule has 2 fully saturated rings. The molecule has 0 spiro atoms. The summed E-state index contributed by atoms with van der Waals surface area (Å²) in [7, 11) is 1.48. The van der Waals surface area contributed by atoms with Crippen LogP contribution in [0.15, 0.2) is 36.0 Å². The van der Waals surface area contributed by atoms with Gasteiger partial charge >= 0.3 is 12.0 Å². The van der Waals surface area contributed by atoms with Gasteiger partial charge in [0.15, 0.2) is 0 Å². The molecule has 154 valence electrons. The molecule has 9 nitrogen and oxygen atoms in total. The molecule has 2 saturated heterocycles. The Hall–Kier alpha value is -3.36. The molecular weight excluding hydrogens is 378 g/mol. The zero-order valence-electron chi connectivity index (χ0n) is 16.3. The first-order valence-corrected chi connectivity index (χ1v) is 9.41. The molecule has 2 aliphatic rings. The van der Waals surface area contributed by atoms with Crippen LogP contribution in [0.5, 0.6) is 5.75 Å². The van der Waals surface area contributed by atoms with E-state index in [2.05, 4.69) is 5.32 Å². The van der Waals surface area contributed by atoms with Crippen LogP contribution in [-0.4, -0.2) is 55.5 Å². The molecule has 29 heavy (non-hydrogen) atoms. The quantitative estimate of drug-likeness (QED) is 0.452. The van der Waals surface area contributed by atoms with Crippen LogP contribution in [0.4, 0.5) is 10.5 Å². The molecule has 0 bridgehead atoms. The SMILES string of the molecule is CCOC(=O)C1CCN(/C=C2/C(=O)NC(=O)N(c3cccc(OC)c3)C2=O)CC1. The van der Waals surface area contributed by atoms with Gasteiger partial charge in [-0.3, -0.25) is 19.7 Å². The van der Waals surface area contributed by atoms with E-state index in [9.17, 15) is 19.2 Å². The van der Waals surface area contributed by atoms with Gasteiger partial charge in [0, 0.05) is 25.4 Å². The molecule has 2 heterocycles. The largest absolute Gasteiger partial charge is 0.497 e. The van der Waals surface area contributed by atoms with Crippen LogP contribution < -0.4 is 15.0 Å². The van der Waals surface area contributed by atoms with Crippen LogP contribution in [-0.2, 0) is 19.1 Å². The van der Waals surface area contributed by atoms with E-state index in [1.54, 1.807) is 25.1 Å². The van der Waals surface area contributed by atoms with Crippen molar-refractivity contribution >= 4 is 29.5 Å². The van der Waals surface area contributed by atoms with Crippen LogP contribution in [0.25, 0.3) is 0 Å². The monoisotopic (exact) mass is 401 g/mol. The molecule has 0 radical (unpaired) electrons. The molecule has 4 amide bonds. The fourth-order valence-electron chi connectivity index (χ4n) is 3.34. The average Bonchev–Trinajstić information content (AvgIpc) is 2.72. The van der Waals surface area contributed by atoms with Crippen molar-refractivity contribution in [2.24, 2.45) is 5.92 Å². The summed E-state index contributed by atoms with van der Waals surface area (Å²) in [6.45, 7) is 3.10. The number of amides is 4. The van der Waals surface area contributed by atoms with E-state index in [0.717, 1.165) is 4.90 Å². The number of carbonyl (C=O) groups is 4. The fraction of sp³-hybridized carbons (Fsp3) is 0.400. The number of methoxy groups -OCH3 is 1. The molecule has 3 rings (SSSR count). The van der Waals surface area contributed by atoms with E-state index in [4.69, 9.17) is 9.47 Å². The zero-order valence-corrected chi connectivity index (χ0v) is 16.3. The number of nitrogens with zero attached hydrogens (tertiary/aromatic N) is 2. The number of imide groups is 2. The summed E-state index contributed by atoms with van der Waals surface area (Å²) in [6, 6.07) is 5.64. The number of anilines is 1. The van der Waals surface area contributed by atoms with Crippen LogP contribution in [0.1, 0.15) is 19.8 Å². The van der Waals surface area contributed by atoms with E-state index in [0.29, 0.717) is 44.0 Å². The summed E-state index contributed by atoms with van der Waals surface area (Å²) in [5.41, 5.74) is 0.160. The molecule has 0 aromatic heterocycles. The van der Waals surface area contributed by atoms with Gasteiger partial charge in [-0.2, -0.15) is 0 Å². The highest BCUT2D eigenvalue weighted by Crippen LogP contribution is 2.25. The zero-order chi connectivity index (χ0) is 21.0. The number of barbiturate groups is 1. The molecule has 0 atom stereocenters. The number of hydrogen-bond donors (Lipinski definition) is 1. The Kier molecular flexibility index (Phi) is 6.16. The molecule has 1 N–H and O–H groups in total. The molecule has 1 aromatic rings. The third-order valence-corrected chi connectivity index (χ3v) is 4.87. The van der Waals surface area contributed by atoms with E-state index in [-0.39, 0.29) is 17.5 Å². The average molecular weight is 401 g/mol. The van der Waals surface area contributed by atoms with Crippen molar-refractivity contribution in [3.05, 3.63) is 36.0 Å². The Morgan fingerprint density at radius 1 is 1.24 bits per heavy atom. The number of nitrogens with one attached hydrogen (secondary N) is 1. The van der Waals surface area contributed by atoms with Crippen molar-refractivity contribution in [3.8, 4) is 5.75 Å². The number of urea groups is 1. The van der Waals surface area contributed by atoms with Gasteiger partial charge in [0.25, 0.3) is 11.8 Å². The lowest BCUT2D eigenvalue weighted by Gasteiger charge is -2.32. The lowest BCUT2D eigenvalue weighted by molar-refractivity contribution is -0.149. The molecular formula is C20H23N3O6. The second-order valence-electron chi connectivity index (χ2n) is 6.71. The summed E-state index contributed by atoms with van der Waals surface area (Å²) in [5, 5.41) is 2.20. The maximum absolute atomic E-state index is 12.9. The summed E-state index contributed by atoms with van der Waals surface area (Å²) in [6.07, 6.45) is 2.59. The number of piperidine rings is 1. The van der Waals surface area contributed by atoms with Crippen molar-refractivity contribution in [1.29, 1.82) is 0 Å². The van der Waals surface area contributed by atoms with Crippen LogP contribution >= 0.6 is 0 Å². The normalized spacial score (nSPS) is 19.4. The standard InChI is InChI=1S/C20H23N3O6/c1-3-29-19(26)13-7-9-22(10-8-13)12-16-17(24)21-20(27)23(18(16)25)14-5-4-6-15(11-14)28-2/h4-6,11-13H,3,7-10H2,1-2H3,(H,21,24,27)/b16-12-. The van der Waals surface area contributed by atoms with E-state index >= 15 is 0 Å². The number of carbonyl (C=O) groups excluding carboxylic acids is 4. The molecule has 0 unspecified atom stereocenters. The molecule has 1 aromatic carbocycles. The second-order valence-corrected chi connectivity index (χ2v) is 6.71. The highest BCUT2D eigenvalue weighted by Gasteiger charge is 2.38. The molecule has 9 heteroatoms. The minimum absolute atomic E-state index is 0.137. The number of likely N-dealkylation sites (tertiary alicyclic amines) is 1. The van der Waals surface area contributed by atoms with E-state index < -0.39 is 17.8 Å². The van der Waals surface area contributed by atoms with Gasteiger partial charge in [0.1, 0.15) is 11.3 Å². The summed E-state index contributed by atoms with van der Waals surface area (Å²) >= 11 is 0. The van der Waals surface area contributed by atoms with Crippen LogP contribution in [0, 0.1) is 5.92 Å². The third kappa shape index (κ3) is 4.39. The van der Waals surface area contributed by atoms with E-state index in [1.165, 1.54) is 19.4 Å². The molecule has 0 saturated carbocycles. The molecule has 2 aliphatic heterocycles. The predicted molar refractivity (Wildman–Crippen MR) is 103 cm³/mol. The van der Waals surface area contributed by atoms with Gasteiger partial charge in [0.2, 0.25) is 0 Å². The minimum Gasteiger partial charge on any atom is -0.497 e. The number of benzene rings is 1. The second kappa shape index (κ2) is 8.76.